The summed E-state index contributed by atoms with van der Waals surface area (Å²) < 4.78 is 0. The highest BCUT2D eigenvalue weighted by Crippen LogP contribution is 2.24. The Labute approximate surface area is 110 Å². The van der Waals surface area contributed by atoms with Crippen molar-refractivity contribution < 1.29 is 9.90 Å². The number of halogens is 1. The minimum atomic E-state index is -0.968. The molecule has 0 fully saturated rings. The van der Waals surface area contributed by atoms with E-state index in [1.165, 1.54) is 6.07 Å². The standard InChI is InChI=1S/C12H14ClN3O2/c1-6(2)10(12(17)18)16-11-9(13)4-8(5-14)7(3)15-11/h4,6,10H,1-3H3,(H,15,16)(H,17,18)/t10-/m1/s1. The number of carboxylic acid groups (broad SMARTS) is 1. The number of anilines is 1. The van der Waals surface area contributed by atoms with Crippen molar-refractivity contribution in [3.8, 4) is 6.07 Å². The molecule has 2 N–H and O–H groups in total. The first-order valence-corrected chi connectivity index (χ1v) is 5.81. The van der Waals surface area contributed by atoms with Crippen molar-refractivity contribution in [2.24, 2.45) is 5.92 Å². The van der Waals surface area contributed by atoms with E-state index < -0.39 is 12.0 Å². The zero-order valence-corrected chi connectivity index (χ0v) is 11.1. The van der Waals surface area contributed by atoms with Crippen LogP contribution in [0.2, 0.25) is 5.02 Å². The van der Waals surface area contributed by atoms with Crippen molar-refractivity contribution >= 4 is 23.4 Å². The molecule has 0 radical (unpaired) electrons. The fraction of sp³-hybridized carbons (Fsp3) is 0.417. The predicted octanol–water partition coefficient (Wildman–Crippen LogP) is 2.44. The highest BCUT2D eigenvalue weighted by atomic mass is 35.5. The molecule has 0 aromatic carbocycles. The Hall–Kier alpha value is -1.80. The van der Waals surface area contributed by atoms with Crippen LogP contribution in [0.1, 0.15) is 25.1 Å². The molecule has 0 aliphatic rings. The number of hydrogen-bond acceptors (Lipinski definition) is 4. The summed E-state index contributed by atoms with van der Waals surface area (Å²) in [6.45, 7) is 5.25. The Morgan fingerprint density at radius 3 is 2.67 bits per heavy atom. The lowest BCUT2D eigenvalue weighted by molar-refractivity contribution is -0.138. The van der Waals surface area contributed by atoms with Gasteiger partial charge in [-0.2, -0.15) is 5.26 Å². The van der Waals surface area contributed by atoms with E-state index in [0.717, 1.165) is 0 Å². The number of nitriles is 1. The van der Waals surface area contributed by atoms with Crippen LogP contribution in [-0.4, -0.2) is 22.1 Å². The zero-order valence-electron chi connectivity index (χ0n) is 10.4. The predicted molar refractivity (Wildman–Crippen MR) is 68.6 cm³/mol. The van der Waals surface area contributed by atoms with Gasteiger partial charge in [-0.1, -0.05) is 25.4 Å². The molecule has 1 heterocycles. The fourth-order valence-corrected chi connectivity index (χ4v) is 1.66. The molecule has 0 unspecified atom stereocenters. The van der Waals surface area contributed by atoms with Crippen LogP contribution in [0.3, 0.4) is 0 Å². The fourth-order valence-electron chi connectivity index (χ4n) is 1.46. The molecule has 1 rings (SSSR count). The lowest BCUT2D eigenvalue weighted by atomic mass is 10.0. The van der Waals surface area contributed by atoms with E-state index in [0.29, 0.717) is 11.3 Å². The van der Waals surface area contributed by atoms with Gasteiger partial charge in [0, 0.05) is 0 Å². The van der Waals surface area contributed by atoms with E-state index in [-0.39, 0.29) is 16.8 Å². The van der Waals surface area contributed by atoms with E-state index in [2.05, 4.69) is 10.3 Å². The first-order chi connectivity index (χ1) is 8.36. The van der Waals surface area contributed by atoms with Crippen LogP contribution in [0.25, 0.3) is 0 Å². The second-order valence-corrected chi connectivity index (χ2v) is 4.68. The van der Waals surface area contributed by atoms with Crippen LogP contribution in [0.15, 0.2) is 6.07 Å². The number of aryl methyl sites for hydroxylation is 1. The highest BCUT2D eigenvalue weighted by Gasteiger charge is 2.23. The van der Waals surface area contributed by atoms with Crippen LogP contribution in [0.4, 0.5) is 5.82 Å². The summed E-state index contributed by atoms with van der Waals surface area (Å²) in [5, 5.41) is 20.9. The molecular weight excluding hydrogens is 254 g/mol. The monoisotopic (exact) mass is 267 g/mol. The Morgan fingerprint density at radius 2 is 2.22 bits per heavy atom. The summed E-state index contributed by atoms with van der Waals surface area (Å²) in [6, 6.07) is 2.67. The first kappa shape index (κ1) is 14.3. The van der Waals surface area contributed by atoms with Gasteiger partial charge in [0.1, 0.15) is 17.9 Å². The van der Waals surface area contributed by atoms with Gasteiger partial charge in [-0.25, -0.2) is 9.78 Å². The number of carbonyl (C=O) groups is 1. The Kier molecular flexibility index (Phi) is 4.51. The van der Waals surface area contributed by atoms with E-state index in [1.807, 2.05) is 6.07 Å². The van der Waals surface area contributed by atoms with E-state index in [4.69, 9.17) is 22.0 Å². The van der Waals surface area contributed by atoms with Crippen LogP contribution in [0, 0.1) is 24.2 Å². The van der Waals surface area contributed by atoms with Crippen LogP contribution >= 0.6 is 11.6 Å². The molecule has 0 bridgehead atoms. The topological polar surface area (TPSA) is 86.0 Å². The summed E-state index contributed by atoms with van der Waals surface area (Å²) in [4.78, 5) is 15.2. The van der Waals surface area contributed by atoms with Crippen molar-refractivity contribution in [2.75, 3.05) is 5.32 Å². The third-order valence-corrected chi connectivity index (χ3v) is 2.80. The number of nitrogens with zero attached hydrogens (tertiary/aromatic N) is 2. The molecular formula is C12H14ClN3O2. The molecule has 1 atom stereocenters. The van der Waals surface area contributed by atoms with Crippen molar-refractivity contribution in [3.63, 3.8) is 0 Å². The van der Waals surface area contributed by atoms with Crippen LogP contribution in [-0.2, 0) is 4.79 Å². The smallest absolute Gasteiger partial charge is 0.326 e. The molecule has 0 amide bonds. The number of nitrogens with one attached hydrogen (secondary N) is 1. The van der Waals surface area contributed by atoms with Gasteiger partial charge in [0.25, 0.3) is 0 Å². The number of pyridine rings is 1. The second-order valence-electron chi connectivity index (χ2n) is 4.27. The number of rotatable bonds is 4. The highest BCUT2D eigenvalue weighted by molar-refractivity contribution is 6.33. The largest absolute Gasteiger partial charge is 0.480 e. The Morgan fingerprint density at radius 1 is 1.61 bits per heavy atom. The molecule has 6 heteroatoms. The van der Waals surface area contributed by atoms with E-state index in [1.54, 1.807) is 20.8 Å². The van der Waals surface area contributed by atoms with Gasteiger partial charge in [0.15, 0.2) is 0 Å². The molecule has 18 heavy (non-hydrogen) atoms. The van der Waals surface area contributed by atoms with Crippen molar-refractivity contribution in [1.29, 1.82) is 5.26 Å². The molecule has 0 aliphatic carbocycles. The average molecular weight is 268 g/mol. The summed E-state index contributed by atoms with van der Waals surface area (Å²) >= 11 is 5.96. The first-order valence-electron chi connectivity index (χ1n) is 5.43. The molecule has 1 aromatic rings. The lowest BCUT2D eigenvalue weighted by Crippen LogP contribution is -2.34. The van der Waals surface area contributed by atoms with Gasteiger partial charge in [-0.15, -0.1) is 0 Å². The number of carboxylic acids is 1. The maximum absolute atomic E-state index is 11.1. The lowest BCUT2D eigenvalue weighted by Gasteiger charge is -2.19. The molecule has 96 valence electrons. The molecule has 0 saturated carbocycles. The third kappa shape index (κ3) is 3.11. The van der Waals surface area contributed by atoms with Crippen LogP contribution < -0.4 is 5.32 Å². The van der Waals surface area contributed by atoms with Crippen LogP contribution in [0.5, 0.6) is 0 Å². The van der Waals surface area contributed by atoms with Crippen molar-refractivity contribution in [2.45, 2.75) is 26.8 Å². The van der Waals surface area contributed by atoms with Gasteiger partial charge in [-0.3, -0.25) is 0 Å². The Balaban J connectivity index is 3.08. The third-order valence-electron chi connectivity index (χ3n) is 2.51. The minimum absolute atomic E-state index is 0.115. The van der Waals surface area contributed by atoms with E-state index in [9.17, 15) is 4.79 Å². The van der Waals surface area contributed by atoms with Crippen molar-refractivity contribution in [1.82, 2.24) is 4.98 Å². The van der Waals surface area contributed by atoms with Gasteiger partial charge < -0.3 is 10.4 Å². The maximum atomic E-state index is 11.1. The Bertz CT molecular complexity index is 509. The summed E-state index contributed by atoms with van der Waals surface area (Å²) in [6.07, 6.45) is 0. The van der Waals surface area contributed by atoms with Crippen molar-refractivity contribution in [3.05, 3.63) is 22.3 Å². The second kappa shape index (κ2) is 5.69. The summed E-state index contributed by atoms with van der Waals surface area (Å²) in [5.41, 5.74) is 0.888. The van der Waals surface area contributed by atoms with Gasteiger partial charge >= 0.3 is 5.97 Å². The quantitative estimate of drug-likeness (QED) is 0.875. The molecule has 0 spiro atoms. The molecule has 0 aliphatic heterocycles. The summed E-state index contributed by atoms with van der Waals surface area (Å²) in [5.74, 6) is -0.796. The summed E-state index contributed by atoms with van der Waals surface area (Å²) in [7, 11) is 0. The molecule has 1 aromatic heterocycles. The molecule has 0 saturated heterocycles. The SMILES string of the molecule is Cc1nc(N[C@@H](C(=O)O)C(C)C)c(Cl)cc1C#N. The number of hydrogen-bond donors (Lipinski definition) is 2. The van der Waals surface area contributed by atoms with E-state index >= 15 is 0 Å². The maximum Gasteiger partial charge on any atom is 0.326 e. The van der Waals surface area contributed by atoms with Gasteiger partial charge in [0.2, 0.25) is 0 Å². The van der Waals surface area contributed by atoms with Gasteiger partial charge in [0.05, 0.1) is 16.3 Å². The normalized spacial score (nSPS) is 12.0. The average Bonchev–Trinajstić information content (AvgIpc) is 2.28. The molecule has 5 nitrogen and oxygen atoms in total. The minimum Gasteiger partial charge on any atom is -0.480 e. The zero-order chi connectivity index (χ0) is 13.9. The number of aromatic nitrogens is 1. The van der Waals surface area contributed by atoms with Gasteiger partial charge in [-0.05, 0) is 18.9 Å². The number of aliphatic carboxylic acids is 1.